The van der Waals surface area contributed by atoms with Gasteiger partial charge in [-0.1, -0.05) is 6.07 Å². The van der Waals surface area contributed by atoms with E-state index in [0.29, 0.717) is 5.56 Å². The number of benzene rings is 1. The maximum absolute atomic E-state index is 12.3. The van der Waals surface area contributed by atoms with Crippen LogP contribution in [0.3, 0.4) is 0 Å². The van der Waals surface area contributed by atoms with Gasteiger partial charge in [-0.2, -0.15) is 4.31 Å². The van der Waals surface area contributed by atoms with E-state index in [1.54, 1.807) is 13.8 Å². The fourth-order valence-corrected chi connectivity index (χ4v) is 2.79. The second kappa shape index (κ2) is 6.68. The third-order valence-electron chi connectivity index (χ3n) is 2.80. The van der Waals surface area contributed by atoms with Crippen LogP contribution in [0.25, 0.3) is 0 Å². The van der Waals surface area contributed by atoms with Crippen molar-refractivity contribution >= 4 is 22.0 Å². The normalized spacial score (nSPS) is 11.4. The van der Waals surface area contributed by atoms with Gasteiger partial charge in [0.2, 0.25) is 10.0 Å². The molecule has 116 valence electrons. The van der Waals surface area contributed by atoms with E-state index in [9.17, 15) is 18.0 Å². The Labute approximate surface area is 123 Å². The molecule has 21 heavy (non-hydrogen) atoms. The number of carboxylic acid groups (broad SMARTS) is 1. The molecule has 0 bridgehead atoms. The van der Waals surface area contributed by atoms with Crippen LogP contribution < -0.4 is 0 Å². The van der Waals surface area contributed by atoms with Crippen LogP contribution in [0.5, 0.6) is 0 Å². The number of rotatable bonds is 6. The summed E-state index contributed by atoms with van der Waals surface area (Å²) in [6, 6.07) is 3.79. The molecule has 0 aliphatic carbocycles. The van der Waals surface area contributed by atoms with Crippen molar-refractivity contribution in [1.82, 2.24) is 4.31 Å². The van der Waals surface area contributed by atoms with Gasteiger partial charge in [0.25, 0.3) is 0 Å². The summed E-state index contributed by atoms with van der Waals surface area (Å²) in [7, 11) is -2.73. The number of hydrogen-bond donors (Lipinski definition) is 1. The fourth-order valence-electron chi connectivity index (χ4n) is 1.65. The Balaban J connectivity index is 3.10. The molecule has 0 spiro atoms. The van der Waals surface area contributed by atoms with E-state index in [1.165, 1.54) is 19.2 Å². The minimum atomic E-state index is -3.96. The van der Waals surface area contributed by atoms with Crippen LogP contribution in [0.15, 0.2) is 23.1 Å². The SMILES string of the molecule is CCOC(=O)CN(C)S(=O)(=O)c1ccc(C)c(C(=O)O)c1. The highest BCUT2D eigenvalue weighted by Gasteiger charge is 2.24. The van der Waals surface area contributed by atoms with Gasteiger partial charge in [-0.25, -0.2) is 13.2 Å². The monoisotopic (exact) mass is 315 g/mol. The minimum Gasteiger partial charge on any atom is -0.478 e. The summed E-state index contributed by atoms with van der Waals surface area (Å²) < 4.78 is 30.1. The van der Waals surface area contributed by atoms with Gasteiger partial charge in [0, 0.05) is 7.05 Å². The molecule has 0 aromatic heterocycles. The van der Waals surface area contributed by atoms with Crippen molar-refractivity contribution in [2.45, 2.75) is 18.7 Å². The van der Waals surface area contributed by atoms with E-state index >= 15 is 0 Å². The Hall–Kier alpha value is -1.93. The molecule has 0 amide bonds. The Kier molecular flexibility index (Phi) is 5.45. The highest BCUT2D eigenvalue weighted by molar-refractivity contribution is 7.89. The van der Waals surface area contributed by atoms with Crippen molar-refractivity contribution in [3.63, 3.8) is 0 Å². The first kappa shape index (κ1) is 17.1. The quantitative estimate of drug-likeness (QED) is 0.782. The fraction of sp³-hybridized carbons (Fsp3) is 0.385. The van der Waals surface area contributed by atoms with Crippen LogP contribution in [0.2, 0.25) is 0 Å². The lowest BCUT2D eigenvalue weighted by atomic mass is 10.1. The van der Waals surface area contributed by atoms with Gasteiger partial charge in [-0.3, -0.25) is 4.79 Å². The number of esters is 1. The maximum Gasteiger partial charge on any atom is 0.335 e. The lowest BCUT2D eigenvalue weighted by Crippen LogP contribution is -2.33. The van der Waals surface area contributed by atoms with E-state index < -0.39 is 28.5 Å². The van der Waals surface area contributed by atoms with E-state index in [0.717, 1.165) is 10.4 Å². The van der Waals surface area contributed by atoms with Crippen LogP contribution >= 0.6 is 0 Å². The lowest BCUT2D eigenvalue weighted by Gasteiger charge is -2.16. The summed E-state index contributed by atoms with van der Waals surface area (Å²) in [5, 5.41) is 9.03. The largest absolute Gasteiger partial charge is 0.478 e. The van der Waals surface area contributed by atoms with Crippen molar-refractivity contribution in [2.75, 3.05) is 20.2 Å². The van der Waals surface area contributed by atoms with Crippen LogP contribution in [0.1, 0.15) is 22.8 Å². The molecule has 1 aromatic carbocycles. The van der Waals surface area contributed by atoms with Crippen molar-refractivity contribution in [3.05, 3.63) is 29.3 Å². The summed E-state index contributed by atoms with van der Waals surface area (Å²) in [4.78, 5) is 22.2. The van der Waals surface area contributed by atoms with Gasteiger partial charge in [0.1, 0.15) is 6.54 Å². The highest BCUT2D eigenvalue weighted by Crippen LogP contribution is 2.18. The molecule has 1 N–H and O–H groups in total. The lowest BCUT2D eigenvalue weighted by molar-refractivity contribution is -0.143. The Morgan fingerprint density at radius 1 is 1.33 bits per heavy atom. The Bertz CT molecular complexity index is 653. The van der Waals surface area contributed by atoms with Gasteiger partial charge >= 0.3 is 11.9 Å². The van der Waals surface area contributed by atoms with Crippen molar-refractivity contribution in [1.29, 1.82) is 0 Å². The second-order valence-electron chi connectivity index (χ2n) is 4.35. The number of carbonyl (C=O) groups excluding carboxylic acids is 1. The smallest absolute Gasteiger partial charge is 0.335 e. The van der Waals surface area contributed by atoms with Crippen LogP contribution in [0, 0.1) is 6.92 Å². The number of nitrogens with zero attached hydrogens (tertiary/aromatic N) is 1. The second-order valence-corrected chi connectivity index (χ2v) is 6.39. The molecule has 7 nitrogen and oxygen atoms in total. The van der Waals surface area contributed by atoms with Crippen molar-refractivity contribution < 1.29 is 27.9 Å². The third-order valence-corrected chi connectivity index (χ3v) is 4.60. The number of carboxylic acids is 1. The molecule has 0 aliphatic rings. The molecule has 1 aromatic rings. The molecular formula is C13H17NO6S. The summed E-state index contributed by atoms with van der Waals surface area (Å²) in [5.41, 5.74) is 0.357. The van der Waals surface area contributed by atoms with E-state index in [-0.39, 0.29) is 17.1 Å². The van der Waals surface area contributed by atoms with Gasteiger partial charge < -0.3 is 9.84 Å². The summed E-state index contributed by atoms with van der Waals surface area (Å²) in [6.07, 6.45) is 0. The van der Waals surface area contributed by atoms with Crippen LogP contribution in [-0.2, 0) is 19.6 Å². The third kappa shape index (κ3) is 4.02. The van der Waals surface area contributed by atoms with Crippen molar-refractivity contribution in [3.8, 4) is 0 Å². The summed E-state index contributed by atoms with van der Waals surface area (Å²) in [5.74, 6) is -1.88. The summed E-state index contributed by atoms with van der Waals surface area (Å²) >= 11 is 0. The standard InChI is InChI=1S/C13H17NO6S/c1-4-20-12(15)8-14(3)21(18,19)10-6-5-9(2)11(7-10)13(16)17/h5-7H,4,8H2,1-3H3,(H,16,17). The molecule has 0 fully saturated rings. The predicted octanol–water partition coefficient (Wildman–Crippen LogP) is 0.877. The topological polar surface area (TPSA) is 101 Å². The van der Waals surface area contributed by atoms with Gasteiger partial charge in [0.15, 0.2) is 0 Å². The number of sulfonamides is 1. The van der Waals surface area contributed by atoms with Gasteiger partial charge in [-0.15, -0.1) is 0 Å². The average molecular weight is 315 g/mol. The number of aryl methyl sites for hydroxylation is 1. The summed E-state index contributed by atoms with van der Waals surface area (Å²) in [6.45, 7) is 2.90. The van der Waals surface area contributed by atoms with Crippen LogP contribution in [-0.4, -0.2) is 50.0 Å². The molecular weight excluding hydrogens is 298 g/mol. The maximum atomic E-state index is 12.3. The number of ether oxygens (including phenoxy) is 1. The van der Waals surface area contributed by atoms with Gasteiger partial charge in [-0.05, 0) is 31.5 Å². The van der Waals surface area contributed by atoms with E-state index in [1.807, 2.05) is 0 Å². The number of aromatic carboxylic acids is 1. The Morgan fingerprint density at radius 3 is 2.48 bits per heavy atom. The first-order valence-electron chi connectivity index (χ1n) is 6.16. The molecule has 1 rings (SSSR count). The zero-order valence-corrected chi connectivity index (χ0v) is 12.8. The molecule has 0 saturated carbocycles. The molecule has 0 atom stereocenters. The van der Waals surface area contributed by atoms with Crippen LogP contribution in [0.4, 0.5) is 0 Å². The molecule has 0 saturated heterocycles. The molecule has 0 radical (unpaired) electrons. The zero-order chi connectivity index (χ0) is 16.2. The first-order chi connectivity index (χ1) is 9.70. The predicted molar refractivity (Wildman–Crippen MR) is 74.6 cm³/mol. The Morgan fingerprint density at radius 2 is 1.95 bits per heavy atom. The average Bonchev–Trinajstić information content (AvgIpc) is 2.38. The number of carbonyl (C=O) groups is 2. The molecule has 0 aliphatic heterocycles. The number of hydrogen-bond acceptors (Lipinski definition) is 5. The van der Waals surface area contributed by atoms with Crippen molar-refractivity contribution in [2.24, 2.45) is 0 Å². The van der Waals surface area contributed by atoms with E-state index in [4.69, 9.17) is 5.11 Å². The molecule has 0 heterocycles. The highest BCUT2D eigenvalue weighted by atomic mass is 32.2. The molecule has 8 heteroatoms. The number of likely N-dealkylation sites (N-methyl/N-ethyl adjacent to an activating group) is 1. The molecule has 0 unspecified atom stereocenters. The zero-order valence-electron chi connectivity index (χ0n) is 12.0. The van der Waals surface area contributed by atoms with Gasteiger partial charge in [0.05, 0.1) is 17.1 Å². The first-order valence-corrected chi connectivity index (χ1v) is 7.60. The minimum absolute atomic E-state index is 0.0967. The van der Waals surface area contributed by atoms with E-state index in [2.05, 4.69) is 4.74 Å².